The molecule has 2 N–H and O–H groups in total. The summed E-state index contributed by atoms with van der Waals surface area (Å²) in [6, 6.07) is 3.76. The van der Waals surface area contributed by atoms with Crippen molar-refractivity contribution in [2.75, 3.05) is 13.2 Å². The standard InChI is InChI=1S/C15H23NO3S/c1-15(18,13-8-5-9-20-13)11-16-14(17)10-19-12-6-3-2-4-7-12/h5,8-9,12,18H,2-4,6-7,10-11H2,1H3,(H,16,17). The molecule has 1 atom stereocenters. The third-order valence-corrected chi connectivity index (χ3v) is 4.81. The Morgan fingerprint density at radius 2 is 2.25 bits per heavy atom. The second kappa shape index (κ2) is 7.20. The van der Waals surface area contributed by atoms with Gasteiger partial charge < -0.3 is 15.2 Å². The Labute approximate surface area is 124 Å². The predicted octanol–water partition coefficient (Wildman–Crippen LogP) is 2.42. The van der Waals surface area contributed by atoms with Crippen LogP contribution >= 0.6 is 11.3 Å². The number of amides is 1. The third-order valence-electron chi connectivity index (χ3n) is 3.68. The van der Waals surface area contributed by atoms with Crippen molar-refractivity contribution in [3.05, 3.63) is 22.4 Å². The van der Waals surface area contributed by atoms with E-state index >= 15 is 0 Å². The lowest BCUT2D eigenvalue weighted by atomic mass is 9.98. The molecule has 1 aromatic rings. The second-order valence-corrected chi connectivity index (χ2v) is 6.55. The zero-order valence-corrected chi connectivity index (χ0v) is 12.7. The molecule has 1 unspecified atom stereocenters. The number of carbonyl (C=O) groups is 1. The van der Waals surface area contributed by atoms with Crippen molar-refractivity contribution in [2.24, 2.45) is 0 Å². The van der Waals surface area contributed by atoms with Crippen LogP contribution in [0.4, 0.5) is 0 Å². The number of thiophene rings is 1. The van der Waals surface area contributed by atoms with Crippen LogP contribution in [0.15, 0.2) is 17.5 Å². The number of nitrogens with one attached hydrogen (secondary N) is 1. The number of hydrogen-bond donors (Lipinski definition) is 2. The fraction of sp³-hybridized carbons (Fsp3) is 0.667. The van der Waals surface area contributed by atoms with Gasteiger partial charge in [0.25, 0.3) is 0 Å². The molecule has 1 aliphatic rings. The highest BCUT2D eigenvalue weighted by Gasteiger charge is 2.25. The molecule has 1 heterocycles. The summed E-state index contributed by atoms with van der Waals surface area (Å²) >= 11 is 1.49. The maximum absolute atomic E-state index is 11.8. The van der Waals surface area contributed by atoms with Gasteiger partial charge in [-0.15, -0.1) is 11.3 Å². The minimum Gasteiger partial charge on any atom is -0.383 e. The molecule has 1 amide bonds. The average molecular weight is 297 g/mol. The summed E-state index contributed by atoms with van der Waals surface area (Å²) in [7, 11) is 0. The lowest BCUT2D eigenvalue weighted by molar-refractivity contribution is -0.129. The third kappa shape index (κ3) is 4.58. The Kier molecular flexibility index (Phi) is 5.57. The molecule has 112 valence electrons. The van der Waals surface area contributed by atoms with Crippen molar-refractivity contribution in [3.63, 3.8) is 0 Å². The minimum atomic E-state index is -1.02. The number of aliphatic hydroxyl groups is 1. The van der Waals surface area contributed by atoms with Gasteiger partial charge in [0.05, 0.1) is 12.6 Å². The van der Waals surface area contributed by atoms with E-state index in [0.717, 1.165) is 17.7 Å². The Bertz CT molecular complexity index is 411. The molecule has 0 aromatic carbocycles. The molecular weight excluding hydrogens is 274 g/mol. The van der Waals surface area contributed by atoms with Crippen molar-refractivity contribution in [1.82, 2.24) is 5.32 Å². The molecule has 0 saturated heterocycles. The zero-order valence-electron chi connectivity index (χ0n) is 11.9. The minimum absolute atomic E-state index is 0.0885. The van der Waals surface area contributed by atoms with Crippen molar-refractivity contribution in [2.45, 2.75) is 50.7 Å². The topological polar surface area (TPSA) is 58.6 Å². The molecule has 1 aromatic heterocycles. The number of rotatable bonds is 6. The normalized spacial score (nSPS) is 19.5. The van der Waals surface area contributed by atoms with E-state index in [1.165, 1.54) is 30.6 Å². The molecule has 0 radical (unpaired) electrons. The number of ether oxygens (including phenoxy) is 1. The summed E-state index contributed by atoms with van der Waals surface area (Å²) < 4.78 is 5.61. The molecule has 4 nitrogen and oxygen atoms in total. The van der Waals surface area contributed by atoms with Gasteiger partial charge in [0.2, 0.25) is 5.91 Å². The highest BCUT2D eigenvalue weighted by atomic mass is 32.1. The molecule has 1 fully saturated rings. The van der Waals surface area contributed by atoms with E-state index in [1.807, 2.05) is 17.5 Å². The molecule has 0 bridgehead atoms. The maximum Gasteiger partial charge on any atom is 0.246 e. The van der Waals surface area contributed by atoms with Crippen molar-refractivity contribution in [1.29, 1.82) is 0 Å². The second-order valence-electron chi connectivity index (χ2n) is 5.60. The van der Waals surface area contributed by atoms with Crippen LogP contribution < -0.4 is 5.32 Å². The van der Waals surface area contributed by atoms with E-state index in [0.29, 0.717) is 0 Å². The molecule has 5 heteroatoms. The number of carbonyl (C=O) groups excluding carboxylic acids is 1. The van der Waals surface area contributed by atoms with E-state index in [4.69, 9.17) is 4.74 Å². The smallest absolute Gasteiger partial charge is 0.246 e. The highest BCUT2D eigenvalue weighted by molar-refractivity contribution is 7.10. The quantitative estimate of drug-likeness (QED) is 0.848. The Morgan fingerprint density at radius 3 is 2.90 bits per heavy atom. The largest absolute Gasteiger partial charge is 0.383 e. The summed E-state index contributed by atoms with van der Waals surface area (Å²) in [5.74, 6) is -0.160. The zero-order chi connectivity index (χ0) is 14.4. The lowest BCUT2D eigenvalue weighted by Crippen LogP contribution is -2.40. The van der Waals surface area contributed by atoms with Gasteiger partial charge >= 0.3 is 0 Å². The Hall–Kier alpha value is -0.910. The summed E-state index contributed by atoms with van der Waals surface area (Å²) in [5.41, 5.74) is -1.02. The Morgan fingerprint density at radius 1 is 1.50 bits per heavy atom. The fourth-order valence-electron chi connectivity index (χ4n) is 2.42. The van der Waals surface area contributed by atoms with Crippen LogP contribution in [0.3, 0.4) is 0 Å². The number of hydrogen-bond acceptors (Lipinski definition) is 4. The van der Waals surface area contributed by atoms with E-state index in [-0.39, 0.29) is 25.2 Å². The summed E-state index contributed by atoms with van der Waals surface area (Å²) in [6.07, 6.45) is 6.00. The SMILES string of the molecule is CC(O)(CNC(=O)COC1CCCCC1)c1cccs1. The van der Waals surface area contributed by atoms with Crippen molar-refractivity contribution in [3.8, 4) is 0 Å². The predicted molar refractivity (Wildman–Crippen MR) is 79.7 cm³/mol. The molecule has 2 rings (SSSR count). The van der Waals surface area contributed by atoms with Gasteiger partial charge in [-0.1, -0.05) is 25.3 Å². The summed E-state index contributed by atoms with van der Waals surface area (Å²) in [6.45, 7) is 2.01. The molecule has 0 spiro atoms. The highest BCUT2D eigenvalue weighted by Crippen LogP contribution is 2.24. The van der Waals surface area contributed by atoms with Crippen molar-refractivity contribution < 1.29 is 14.6 Å². The van der Waals surface area contributed by atoms with E-state index < -0.39 is 5.60 Å². The van der Waals surface area contributed by atoms with Gasteiger partial charge in [-0.2, -0.15) is 0 Å². The van der Waals surface area contributed by atoms with Crippen LogP contribution in [0.2, 0.25) is 0 Å². The van der Waals surface area contributed by atoms with Crippen LogP contribution in [0, 0.1) is 0 Å². The fourth-order valence-corrected chi connectivity index (χ4v) is 3.21. The van der Waals surface area contributed by atoms with E-state index in [2.05, 4.69) is 5.32 Å². The van der Waals surface area contributed by atoms with Crippen LogP contribution in [-0.2, 0) is 15.1 Å². The monoisotopic (exact) mass is 297 g/mol. The lowest BCUT2D eigenvalue weighted by Gasteiger charge is -2.24. The van der Waals surface area contributed by atoms with Gasteiger partial charge in [-0.3, -0.25) is 4.79 Å². The van der Waals surface area contributed by atoms with Crippen LogP contribution in [-0.4, -0.2) is 30.3 Å². The average Bonchev–Trinajstić information content (AvgIpc) is 2.99. The molecule has 1 aliphatic carbocycles. The van der Waals surface area contributed by atoms with Gasteiger partial charge in [0, 0.05) is 4.88 Å². The van der Waals surface area contributed by atoms with Crippen molar-refractivity contribution >= 4 is 17.2 Å². The molecule has 20 heavy (non-hydrogen) atoms. The molecular formula is C15H23NO3S. The first kappa shape index (κ1) is 15.5. The van der Waals surface area contributed by atoms with Gasteiger partial charge in [-0.05, 0) is 31.2 Å². The van der Waals surface area contributed by atoms with Crippen LogP contribution in [0.5, 0.6) is 0 Å². The van der Waals surface area contributed by atoms with E-state index in [9.17, 15) is 9.90 Å². The van der Waals surface area contributed by atoms with Gasteiger partial charge in [0.15, 0.2) is 0 Å². The summed E-state index contributed by atoms with van der Waals surface area (Å²) in [4.78, 5) is 12.6. The maximum atomic E-state index is 11.8. The van der Waals surface area contributed by atoms with Gasteiger partial charge in [-0.25, -0.2) is 0 Å². The molecule has 1 saturated carbocycles. The first-order chi connectivity index (χ1) is 9.58. The molecule has 0 aliphatic heterocycles. The van der Waals surface area contributed by atoms with E-state index in [1.54, 1.807) is 6.92 Å². The Balaban J connectivity index is 1.69. The van der Waals surface area contributed by atoms with Gasteiger partial charge in [0.1, 0.15) is 12.2 Å². The van der Waals surface area contributed by atoms with Crippen LogP contribution in [0.25, 0.3) is 0 Å². The first-order valence-corrected chi connectivity index (χ1v) is 8.10. The first-order valence-electron chi connectivity index (χ1n) is 7.22. The summed E-state index contributed by atoms with van der Waals surface area (Å²) in [5, 5.41) is 15.0. The van der Waals surface area contributed by atoms with Crippen LogP contribution in [0.1, 0.15) is 43.9 Å².